The van der Waals surface area contributed by atoms with Crippen LogP contribution in [0.15, 0.2) is 0 Å². The van der Waals surface area contributed by atoms with E-state index >= 15 is 0 Å². The standard InChI is InChI=1S/C2H6O6S2.2ClH/c3-9(4,5)1-2-10(6,7)8;;/h1-2H2,(H,3,4,5)(H,6,7,8);2*1H. The Labute approximate surface area is 82.7 Å². The van der Waals surface area contributed by atoms with Gasteiger partial charge < -0.3 is 0 Å². The molecule has 0 aliphatic carbocycles. The highest BCUT2D eigenvalue weighted by Crippen LogP contribution is 1.86. The van der Waals surface area contributed by atoms with Crippen molar-refractivity contribution in [3.05, 3.63) is 0 Å². The fourth-order valence-electron chi connectivity index (χ4n) is 0.211. The maximum Gasteiger partial charge on any atom is 0.265 e. The van der Waals surface area contributed by atoms with Crippen LogP contribution in [0.4, 0.5) is 0 Å². The van der Waals surface area contributed by atoms with Crippen LogP contribution in [0.2, 0.25) is 0 Å². The van der Waals surface area contributed by atoms with Gasteiger partial charge in [0.1, 0.15) is 0 Å². The van der Waals surface area contributed by atoms with Crippen molar-refractivity contribution in [2.45, 2.75) is 0 Å². The molecule has 0 heterocycles. The Morgan fingerprint density at radius 2 is 0.917 bits per heavy atom. The van der Waals surface area contributed by atoms with E-state index in [0.29, 0.717) is 0 Å². The van der Waals surface area contributed by atoms with Crippen molar-refractivity contribution in [3.8, 4) is 0 Å². The van der Waals surface area contributed by atoms with Gasteiger partial charge in [-0.05, 0) is 0 Å². The predicted octanol–water partition coefficient (Wildman–Crippen LogP) is -0.394. The summed E-state index contributed by atoms with van der Waals surface area (Å²) in [5, 5.41) is 0. The molecular weight excluding hydrogens is 255 g/mol. The highest BCUT2D eigenvalue weighted by atomic mass is 35.5. The van der Waals surface area contributed by atoms with E-state index in [0.717, 1.165) is 0 Å². The van der Waals surface area contributed by atoms with Crippen LogP contribution in [-0.4, -0.2) is 37.4 Å². The summed E-state index contributed by atoms with van der Waals surface area (Å²) in [4.78, 5) is 0. The Hall–Kier alpha value is 0.400. The molecule has 0 rings (SSSR count). The Bertz CT molecular complexity index is 258. The molecular formula is C2H8Cl2O6S2. The molecule has 0 aliphatic heterocycles. The van der Waals surface area contributed by atoms with Gasteiger partial charge in [-0.2, -0.15) is 16.8 Å². The summed E-state index contributed by atoms with van der Waals surface area (Å²) in [7, 11) is -8.59. The Morgan fingerprint density at radius 1 is 0.750 bits per heavy atom. The molecule has 12 heavy (non-hydrogen) atoms. The van der Waals surface area contributed by atoms with Gasteiger partial charge in [0.15, 0.2) is 0 Å². The lowest BCUT2D eigenvalue weighted by atomic mass is 11.0. The van der Waals surface area contributed by atoms with E-state index < -0.39 is 31.7 Å². The zero-order valence-electron chi connectivity index (χ0n) is 5.57. The number of rotatable bonds is 3. The van der Waals surface area contributed by atoms with Crippen LogP contribution in [0.3, 0.4) is 0 Å². The van der Waals surface area contributed by atoms with Gasteiger partial charge in [0, 0.05) is 0 Å². The van der Waals surface area contributed by atoms with Crippen molar-refractivity contribution in [3.63, 3.8) is 0 Å². The molecule has 0 aromatic heterocycles. The molecule has 0 aliphatic rings. The monoisotopic (exact) mass is 262 g/mol. The van der Waals surface area contributed by atoms with Crippen LogP contribution in [-0.2, 0) is 20.2 Å². The number of halogens is 2. The number of hydrogen-bond acceptors (Lipinski definition) is 4. The summed E-state index contributed by atoms with van der Waals surface area (Å²) in [5.74, 6) is -1.96. The molecule has 0 fully saturated rings. The first-order valence-corrected chi connectivity index (χ1v) is 5.33. The fourth-order valence-corrected chi connectivity index (χ4v) is 1.90. The third kappa shape index (κ3) is 16.8. The smallest absolute Gasteiger partial charge is 0.265 e. The van der Waals surface area contributed by atoms with E-state index in [1.165, 1.54) is 0 Å². The molecule has 0 bridgehead atoms. The third-order valence-corrected chi connectivity index (χ3v) is 2.30. The lowest BCUT2D eigenvalue weighted by molar-refractivity contribution is 0.472. The molecule has 0 unspecified atom stereocenters. The van der Waals surface area contributed by atoms with Gasteiger partial charge in [-0.15, -0.1) is 24.8 Å². The topological polar surface area (TPSA) is 109 Å². The van der Waals surface area contributed by atoms with Crippen molar-refractivity contribution < 1.29 is 25.9 Å². The average Bonchev–Trinajstić information content (AvgIpc) is 1.57. The largest absolute Gasteiger partial charge is 0.286 e. The molecule has 78 valence electrons. The molecule has 0 saturated carbocycles. The number of hydrogen-bond donors (Lipinski definition) is 2. The third-order valence-electron chi connectivity index (χ3n) is 0.599. The quantitative estimate of drug-likeness (QED) is 0.671. The Morgan fingerprint density at radius 3 is 1.00 bits per heavy atom. The van der Waals surface area contributed by atoms with E-state index in [1.54, 1.807) is 0 Å². The second-order valence-electron chi connectivity index (χ2n) is 1.57. The molecule has 0 saturated heterocycles. The summed E-state index contributed by atoms with van der Waals surface area (Å²) >= 11 is 0. The second-order valence-corrected chi connectivity index (χ2v) is 4.72. The molecule has 0 aromatic carbocycles. The summed E-state index contributed by atoms with van der Waals surface area (Å²) in [6.45, 7) is 0. The van der Waals surface area contributed by atoms with Crippen LogP contribution in [0.5, 0.6) is 0 Å². The van der Waals surface area contributed by atoms with Gasteiger partial charge >= 0.3 is 0 Å². The van der Waals surface area contributed by atoms with E-state index in [1.807, 2.05) is 0 Å². The fraction of sp³-hybridized carbons (Fsp3) is 1.00. The van der Waals surface area contributed by atoms with Crippen LogP contribution >= 0.6 is 24.8 Å². The van der Waals surface area contributed by atoms with Crippen molar-refractivity contribution in [1.82, 2.24) is 0 Å². The lowest BCUT2D eigenvalue weighted by Gasteiger charge is -1.92. The SMILES string of the molecule is Cl.Cl.O=S(=O)(O)CCS(=O)(=O)O. The van der Waals surface area contributed by atoms with Crippen molar-refractivity contribution in [2.75, 3.05) is 11.5 Å². The van der Waals surface area contributed by atoms with Gasteiger partial charge in [-0.1, -0.05) is 0 Å². The molecule has 0 aromatic rings. The van der Waals surface area contributed by atoms with Crippen LogP contribution in [0, 0.1) is 0 Å². The first-order chi connectivity index (χ1) is 4.21. The predicted molar refractivity (Wildman–Crippen MR) is 47.3 cm³/mol. The van der Waals surface area contributed by atoms with Gasteiger partial charge in [0.25, 0.3) is 20.2 Å². The molecule has 10 heteroatoms. The summed E-state index contributed by atoms with van der Waals surface area (Å²) < 4.78 is 55.4. The van der Waals surface area contributed by atoms with Crippen molar-refractivity contribution >= 4 is 45.1 Å². The minimum absolute atomic E-state index is 0. The van der Waals surface area contributed by atoms with Crippen molar-refractivity contribution in [1.29, 1.82) is 0 Å². The minimum Gasteiger partial charge on any atom is -0.286 e. The van der Waals surface area contributed by atoms with E-state index in [-0.39, 0.29) is 24.8 Å². The zero-order chi connectivity index (χ0) is 8.41. The highest BCUT2D eigenvalue weighted by Gasteiger charge is 2.11. The molecule has 6 nitrogen and oxygen atoms in total. The summed E-state index contributed by atoms with van der Waals surface area (Å²) in [6.07, 6.45) is 0. The molecule has 0 amide bonds. The molecule has 0 spiro atoms. The Kier molecular flexibility index (Phi) is 9.04. The maximum atomic E-state index is 9.86. The summed E-state index contributed by atoms with van der Waals surface area (Å²) in [6, 6.07) is 0. The maximum absolute atomic E-state index is 9.86. The van der Waals surface area contributed by atoms with Crippen LogP contribution in [0.25, 0.3) is 0 Å². The Balaban J connectivity index is -0.000000405. The van der Waals surface area contributed by atoms with Gasteiger partial charge in [-0.25, -0.2) is 0 Å². The van der Waals surface area contributed by atoms with Crippen LogP contribution < -0.4 is 0 Å². The van der Waals surface area contributed by atoms with Gasteiger partial charge in [-0.3, -0.25) is 9.11 Å². The summed E-state index contributed by atoms with van der Waals surface area (Å²) in [5.41, 5.74) is 0. The first kappa shape index (κ1) is 18.2. The van der Waals surface area contributed by atoms with E-state index in [2.05, 4.69) is 0 Å². The second kappa shape index (κ2) is 5.95. The molecule has 0 radical (unpaired) electrons. The first-order valence-electron chi connectivity index (χ1n) is 2.11. The lowest BCUT2D eigenvalue weighted by Crippen LogP contribution is -2.15. The average molecular weight is 263 g/mol. The van der Waals surface area contributed by atoms with Gasteiger partial charge in [0.2, 0.25) is 0 Å². The van der Waals surface area contributed by atoms with Crippen LogP contribution in [0.1, 0.15) is 0 Å². The van der Waals surface area contributed by atoms with E-state index in [9.17, 15) is 16.8 Å². The highest BCUT2D eigenvalue weighted by molar-refractivity contribution is 7.89. The van der Waals surface area contributed by atoms with E-state index in [4.69, 9.17) is 9.11 Å². The minimum atomic E-state index is -4.30. The van der Waals surface area contributed by atoms with Crippen molar-refractivity contribution in [2.24, 2.45) is 0 Å². The normalized spacial score (nSPS) is 11.2. The molecule has 2 N–H and O–H groups in total. The zero-order valence-corrected chi connectivity index (χ0v) is 8.84. The van der Waals surface area contributed by atoms with Gasteiger partial charge in [0.05, 0.1) is 11.5 Å². The molecule has 0 atom stereocenters.